The number of halogens is 2. The predicted molar refractivity (Wildman–Crippen MR) is 90.3 cm³/mol. The SMILES string of the molecule is Cc1c(Cl)ccc(NC(=O)N2CCC3(CC2)C[C@@H](O)CO3)c1Cl. The van der Waals surface area contributed by atoms with Gasteiger partial charge in [-0.05, 0) is 37.5 Å². The molecule has 7 heteroatoms. The zero-order valence-corrected chi connectivity index (χ0v) is 14.5. The van der Waals surface area contributed by atoms with Crippen LogP contribution in [-0.4, -0.2) is 47.4 Å². The number of piperidine rings is 1. The van der Waals surface area contributed by atoms with Crippen molar-refractivity contribution < 1.29 is 14.6 Å². The average Bonchev–Trinajstić information content (AvgIpc) is 2.89. The number of urea groups is 1. The molecule has 2 amide bonds. The molecule has 3 rings (SSSR count). The van der Waals surface area contributed by atoms with Crippen molar-refractivity contribution in [2.45, 2.75) is 37.9 Å². The van der Waals surface area contributed by atoms with Crippen LogP contribution in [0.3, 0.4) is 0 Å². The molecular formula is C16H20Cl2N2O3. The van der Waals surface area contributed by atoms with E-state index in [1.165, 1.54) is 0 Å². The molecule has 126 valence electrons. The quantitative estimate of drug-likeness (QED) is 0.807. The highest BCUT2D eigenvalue weighted by Crippen LogP contribution is 2.36. The van der Waals surface area contributed by atoms with Crippen LogP contribution in [-0.2, 0) is 4.74 Å². The van der Waals surface area contributed by atoms with E-state index in [1.54, 1.807) is 17.0 Å². The molecular weight excluding hydrogens is 339 g/mol. The fourth-order valence-corrected chi connectivity index (χ4v) is 3.66. The van der Waals surface area contributed by atoms with Crippen molar-refractivity contribution in [1.29, 1.82) is 0 Å². The number of aliphatic hydroxyl groups is 1. The van der Waals surface area contributed by atoms with Crippen molar-refractivity contribution >= 4 is 34.9 Å². The lowest BCUT2D eigenvalue weighted by Crippen LogP contribution is -2.48. The number of carbonyl (C=O) groups is 1. The van der Waals surface area contributed by atoms with E-state index in [1.807, 2.05) is 6.92 Å². The number of nitrogens with one attached hydrogen (secondary N) is 1. The van der Waals surface area contributed by atoms with Gasteiger partial charge in [0.15, 0.2) is 0 Å². The zero-order valence-electron chi connectivity index (χ0n) is 12.9. The monoisotopic (exact) mass is 358 g/mol. The number of hydrogen-bond donors (Lipinski definition) is 2. The molecule has 0 saturated carbocycles. The maximum Gasteiger partial charge on any atom is 0.321 e. The minimum absolute atomic E-state index is 0.179. The summed E-state index contributed by atoms with van der Waals surface area (Å²) in [5.41, 5.74) is 1.05. The Bertz CT molecular complexity index is 616. The number of carbonyl (C=O) groups excluding carboxylic acids is 1. The molecule has 2 N–H and O–H groups in total. The van der Waals surface area contributed by atoms with Gasteiger partial charge in [0.2, 0.25) is 0 Å². The molecule has 2 saturated heterocycles. The van der Waals surface area contributed by atoms with Crippen LogP contribution in [0.4, 0.5) is 10.5 Å². The number of likely N-dealkylation sites (tertiary alicyclic amines) is 1. The van der Waals surface area contributed by atoms with E-state index in [2.05, 4.69) is 5.32 Å². The van der Waals surface area contributed by atoms with E-state index in [-0.39, 0.29) is 17.7 Å². The third kappa shape index (κ3) is 3.43. The number of rotatable bonds is 1. The molecule has 1 aromatic rings. The summed E-state index contributed by atoms with van der Waals surface area (Å²) in [7, 11) is 0. The highest BCUT2D eigenvalue weighted by atomic mass is 35.5. The molecule has 0 unspecified atom stereocenters. The Morgan fingerprint density at radius 3 is 2.70 bits per heavy atom. The average molecular weight is 359 g/mol. The topological polar surface area (TPSA) is 61.8 Å². The highest BCUT2D eigenvalue weighted by Gasteiger charge is 2.42. The van der Waals surface area contributed by atoms with Crippen molar-refractivity contribution in [3.63, 3.8) is 0 Å². The summed E-state index contributed by atoms with van der Waals surface area (Å²) in [4.78, 5) is 14.2. The molecule has 2 aliphatic rings. The highest BCUT2D eigenvalue weighted by molar-refractivity contribution is 6.38. The van der Waals surface area contributed by atoms with Crippen molar-refractivity contribution in [1.82, 2.24) is 4.90 Å². The Balaban J connectivity index is 1.61. The number of ether oxygens (including phenoxy) is 1. The van der Waals surface area contributed by atoms with Crippen LogP contribution in [0.25, 0.3) is 0 Å². The fraction of sp³-hybridized carbons (Fsp3) is 0.562. The van der Waals surface area contributed by atoms with Crippen LogP contribution in [0.1, 0.15) is 24.8 Å². The minimum atomic E-state index is -0.383. The normalized spacial score (nSPS) is 23.3. The number of amides is 2. The Kier molecular flexibility index (Phi) is 4.74. The lowest BCUT2D eigenvalue weighted by atomic mass is 9.88. The summed E-state index contributed by atoms with van der Waals surface area (Å²) < 4.78 is 5.74. The summed E-state index contributed by atoms with van der Waals surface area (Å²) in [5.74, 6) is 0. The van der Waals surface area contributed by atoms with Gasteiger partial charge in [0, 0.05) is 24.5 Å². The Hall–Kier alpha value is -1.01. The van der Waals surface area contributed by atoms with E-state index in [0.29, 0.717) is 41.8 Å². The second kappa shape index (κ2) is 6.48. The minimum Gasteiger partial charge on any atom is -0.391 e. The van der Waals surface area contributed by atoms with Crippen LogP contribution in [0.2, 0.25) is 10.0 Å². The van der Waals surface area contributed by atoms with Gasteiger partial charge in [-0.15, -0.1) is 0 Å². The lowest BCUT2D eigenvalue weighted by Gasteiger charge is -2.38. The van der Waals surface area contributed by atoms with Crippen molar-refractivity contribution in [3.05, 3.63) is 27.7 Å². The number of nitrogens with zero attached hydrogens (tertiary/aromatic N) is 1. The predicted octanol–water partition coefficient (Wildman–Crippen LogP) is 3.45. The van der Waals surface area contributed by atoms with Crippen LogP contribution in [0, 0.1) is 6.92 Å². The van der Waals surface area contributed by atoms with Crippen molar-refractivity contribution in [3.8, 4) is 0 Å². The second-order valence-corrected chi connectivity index (χ2v) is 7.09. The molecule has 1 spiro atoms. The number of aliphatic hydroxyl groups excluding tert-OH is 1. The number of hydrogen-bond acceptors (Lipinski definition) is 3. The first kappa shape index (κ1) is 16.8. The smallest absolute Gasteiger partial charge is 0.321 e. The fourth-order valence-electron chi connectivity index (χ4n) is 3.24. The molecule has 5 nitrogen and oxygen atoms in total. The van der Waals surface area contributed by atoms with E-state index in [0.717, 1.165) is 18.4 Å². The van der Waals surface area contributed by atoms with Gasteiger partial charge < -0.3 is 20.1 Å². The van der Waals surface area contributed by atoms with Crippen molar-refractivity contribution in [2.24, 2.45) is 0 Å². The lowest BCUT2D eigenvalue weighted by molar-refractivity contribution is -0.0365. The van der Waals surface area contributed by atoms with Gasteiger partial charge >= 0.3 is 6.03 Å². The molecule has 0 aromatic heterocycles. The second-order valence-electron chi connectivity index (χ2n) is 6.30. The number of anilines is 1. The van der Waals surface area contributed by atoms with Gasteiger partial charge in [0.1, 0.15) is 0 Å². The summed E-state index contributed by atoms with van der Waals surface area (Å²) >= 11 is 12.2. The summed E-state index contributed by atoms with van der Waals surface area (Å²) in [6.07, 6.45) is 1.76. The summed E-state index contributed by atoms with van der Waals surface area (Å²) in [5, 5.41) is 13.5. The van der Waals surface area contributed by atoms with E-state index in [4.69, 9.17) is 27.9 Å². The largest absolute Gasteiger partial charge is 0.391 e. The summed E-state index contributed by atoms with van der Waals surface area (Å²) in [6, 6.07) is 3.25. The summed E-state index contributed by atoms with van der Waals surface area (Å²) in [6.45, 7) is 3.41. The third-order valence-corrected chi connectivity index (χ3v) is 5.61. The standard InChI is InChI=1S/C16H20Cl2N2O3/c1-10-12(17)2-3-13(14(10)18)19-15(22)20-6-4-16(5-7-20)8-11(21)9-23-16/h2-3,11,21H,4-9H2,1H3,(H,19,22)/t11-/m1/s1. The van der Waals surface area contributed by atoms with Gasteiger partial charge in [-0.25, -0.2) is 4.79 Å². The van der Waals surface area contributed by atoms with Crippen molar-refractivity contribution in [2.75, 3.05) is 25.0 Å². The molecule has 1 atom stereocenters. The Morgan fingerprint density at radius 1 is 1.39 bits per heavy atom. The maximum absolute atomic E-state index is 12.4. The van der Waals surface area contributed by atoms with Gasteiger partial charge in [-0.2, -0.15) is 0 Å². The Labute approximate surface area is 145 Å². The molecule has 2 aliphatic heterocycles. The maximum atomic E-state index is 12.4. The first-order chi connectivity index (χ1) is 10.9. The third-order valence-electron chi connectivity index (χ3n) is 4.71. The Morgan fingerprint density at radius 2 is 2.09 bits per heavy atom. The van der Waals surface area contributed by atoms with Gasteiger partial charge in [0.05, 0.1) is 29.0 Å². The molecule has 23 heavy (non-hydrogen) atoms. The molecule has 0 aliphatic carbocycles. The molecule has 0 radical (unpaired) electrons. The van der Waals surface area contributed by atoms with E-state index < -0.39 is 0 Å². The van der Waals surface area contributed by atoms with Crippen LogP contribution in [0.15, 0.2) is 12.1 Å². The molecule has 2 heterocycles. The van der Waals surface area contributed by atoms with Crippen LogP contribution >= 0.6 is 23.2 Å². The first-order valence-corrected chi connectivity index (χ1v) is 8.48. The van der Waals surface area contributed by atoms with E-state index in [9.17, 15) is 9.90 Å². The van der Waals surface area contributed by atoms with Gasteiger partial charge in [0.25, 0.3) is 0 Å². The zero-order chi connectivity index (χ0) is 16.6. The van der Waals surface area contributed by atoms with Gasteiger partial charge in [-0.1, -0.05) is 23.2 Å². The van der Waals surface area contributed by atoms with Gasteiger partial charge in [-0.3, -0.25) is 0 Å². The molecule has 2 fully saturated rings. The van der Waals surface area contributed by atoms with Crippen LogP contribution < -0.4 is 5.32 Å². The van der Waals surface area contributed by atoms with Crippen LogP contribution in [0.5, 0.6) is 0 Å². The first-order valence-electron chi connectivity index (χ1n) is 7.73. The molecule has 1 aromatic carbocycles. The molecule has 0 bridgehead atoms. The number of benzene rings is 1. The van der Waals surface area contributed by atoms with E-state index >= 15 is 0 Å².